The Hall–Kier alpha value is -1.68. The first kappa shape index (κ1) is 8.61. The molecule has 1 aromatic carbocycles. The van der Waals surface area contributed by atoms with Crippen LogP contribution in [0.25, 0.3) is 11.1 Å². The van der Waals surface area contributed by atoms with Crippen molar-refractivity contribution in [2.24, 2.45) is 0 Å². The van der Waals surface area contributed by atoms with Gasteiger partial charge in [-0.1, -0.05) is 0 Å². The Morgan fingerprint density at radius 2 is 2.13 bits per heavy atom. The van der Waals surface area contributed by atoms with E-state index in [0.717, 1.165) is 18.6 Å². The number of oxazole rings is 1. The highest BCUT2D eigenvalue weighted by molar-refractivity contribution is 5.80. The van der Waals surface area contributed by atoms with Gasteiger partial charge in [0.15, 0.2) is 5.58 Å². The molecule has 0 spiro atoms. The van der Waals surface area contributed by atoms with Crippen molar-refractivity contribution in [3.63, 3.8) is 0 Å². The second kappa shape index (κ2) is 2.90. The molecule has 0 fully saturated rings. The van der Waals surface area contributed by atoms with Crippen LogP contribution in [0.15, 0.2) is 16.5 Å². The number of benzene rings is 1. The zero-order valence-electron chi connectivity index (χ0n) is 8.36. The van der Waals surface area contributed by atoms with Gasteiger partial charge in [-0.25, -0.2) is 4.98 Å². The summed E-state index contributed by atoms with van der Waals surface area (Å²) in [5, 5.41) is 0. The molecule has 0 radical (unpaired) electrons. The Labute approximate surface area is 86.5 Å². The zero-order chi connectivity index (χ0) is 10.4. The monoisotopic (exact) mass is 202 g/mol. The van der Waals surface area contributed by atoms with Crippen LogP contribution in [0.3, 0.4) is 0 Å². The average molecular weight is 202 g/mol. The molecule has 1 aliphatic rings. The molecule has 76 valence electrons. The maximum absolute atomic E-state index is 10.5. The third-order valence-corrected chi connectivity index (χ3v) is 2.71. The lowest BCUT2D eigenvalue weighted by Crippen LogP contribution is -2.07. The van der Waals surface area contributed by atoms with Crippen molar-refractivity contribution in [2.45, 2.75) is 13.1 Å². The lowest BCUT2D eigenvalue weighted by molar-refractivity contribution is 0.109. The molecule has 0 saturated heterocycles. The molecule has 1 aromatic heterocycles. The van der Waals surface area contributed by atoms with Crippen LogP contribution in [0.5, 0.6) is 0 Å². The summed E-state index contributed by atoms with van der Waals surface area (Å²) in [6.45, 7) is 1.87. The van der Waals surface area contributed by atoms with Crippen molar-refractivity contribution in [1.29, 1.82) is 0 Å². The van der Waals surface area contributed by atoms with Crippen molar-refractivity contribution in [2.75, 3.05) is 7.05 Å². The Balaban J connectivity index is 2.21. The van der Waals surface area contributed by atoms with E-state index in [1.165, 1.54) is 11.1 Å². The van der Waals surface area contributed by atoms with E-state index in [1.54, 1.807) is 0 Å². The molecule has 0 amide bonds. The fourth-order valence-corrected chi connectivity index (χ4v) is 2.06. The predicted octanol–water partition coefficient (Wildman–Crippen LogP) is 1.59. The zero-order valence-corrected chi connectivity index (χ0v) is 8.36. The first-order chi connectivity index (χ1) is 7.26. The van der Waals surface area contributed by atoms with Gasteiger partial charge in [0.25, 0.3) is 5.89 Å². The van der Waals surface area contributed by atoms with Crippen LogP contribution in [-0.4, -0.2) is 23.2 Å². The summed E-state index contributed by atoms with van der Waals surface area (Å²) in [6.07, 6.45) is 0.636. The molecular weight excluding hydrogens is 192 g/mol. The van der Waals surface area contributed by atoms with Crippen LogP contribution in [-0.2, 0) is 13.1 Å². The van der Waals surface area contributed by atoms with E-state index in [1.807, 2.05) is 12.1 Å². The number of carbonyl (C=O) groups excluding carboxylic acids is 1. The van der Waals surface area contributed by atoms with E-state index in [4.69, 9.17) is 4.42 Å². The van der Waals surface area contributed by atoms with Gasteiger partial charge in [0.1, 0.15) is 5.52 Å². The molecule has 1 aliphatic heterocycles. The number of fused-ring (bicyclic) bond motifs is 2. The summed E-state index contributed by atoms with van der Waals surface area (Å²) in [7, 11) is 2.08. The van der Waals surface area contributed by atoms with Gasteiger partial charge in [-0.3, -0.25) is 9.69 Å². The van der Waals surface area contributed by atoms with Gasteiger partial charge in [-0.2, -0.15) is 0 Å². The summed E-state index contributed by atoms with van der Waals surface area (Å²) < 4.78 is 5.28. The first-order valence-corrected chi connectivity index (χ1v) is 4.82. The quantitative estimate of drug-likeness (QED) is 0.659. The van der Waals surface area contributed by atoms with Crippen molar-refractivity contribution in [3.05, 3.63) is 29.2 Å². The van der Waals surface area contributed by atoms with Gasteiger partial charge in [0, 0.05) is 13.1 Å². The molecule has 4 nitrogen and oxygen atoms in total. The molecular formula is C11H10N2O2. The number of hydrogen-bond donors (Lipinski definition) is 0. The lowest BCUT2D eigenvalue weighted by Gasteiger charge is -2.02. The molecule has 0 aliphatic carbocycles. The maximum Gasteiger partial charge on any atom is 0.260 e. The van der Waals surface area contributed by atoms with Crippen LogP contribution in [0, 0.1) is 0 Å². The lowest BCUT2D eigenvalue weighted by atomic mass is 10.1. The second-order valence-electron chi connectivity index (χ2n) is 3.93. The number of rotatable bonds is 1. The summed E-state index contributed by atoms with van der Waals surface area (Å²) in [5.74, 6) is 0.155. The minimum Gasteiger partial charge on any atom is -0.434 e. The highest BCUT2D eigenvalue weighted by Crippen LogP contribution is 2.26. The minimum absolute atomic E-state index is 0.155. The van der Waals surface area contributed by atoms with E-state index in [9.17, 15) is 4.79 Å². The minimum atomic E-state index is 0.155. The van der Waals surface area contributed by atoms with Crippen LogP contribution < -0.4 is 0 Å². The first-order valence-electron chi connectivity index (χ1n) is 4.82. The van der Waals surface area contributed by atoms with Gasteiger partial charge < -0.3 is 4.42 Å². The summed E-state index contributed by atoms with van der Waals surface area (Å²) in [5.41, 5.74) is 4.01. The molecule has 0 N–H and O–H groups in total. The highest BCUT2D eigenvalue weighted by atomic mass is 16.4. The maximum atomic E-state index is 10.5. The topological polar surface area (TPSA) is 46.3 Å². The van der Waals surface area contributed by atoms with Gasteiger partial charge in [0.2, 0.25) is 6.29 Å². The molecule has 4 heteroatoms. The normalized spacial score (nSPS) is 15.8. The Morgan fingerprint density at radius 3 is 2.87 bits per heavy atom. The molecule has 2 heterocycles. The molecule has 15 heavy (non-hydrogen) atoms. The molecule has 0 atom stereocenters. The van der Waals surface area contributed by atoms with Crippen molar-refractivity contribution < 1.29 is 9.21 Å². The summed E-state index contributed by atoms with van der Waals surface area (Å²) in [6, 6.07) is 3.98. The molecule has 0 unspecified atom stereocenters. The van der Waals surface area contributed by atoms with Gasteiger partial charge in [0.05, 0.1) is 0 Å². The van der Waals surface area contributed by atoms with E-state index in [2.05, 4.69) is 16.9 Å². The van der Waals surface area contributed by atoms with Crippen molar-refractivity contribution >= 4 is 17.4 Å². The molecule has 0 bridgehead atoms. The summed E-state index contributed by atoms with van der Waals surface area (Å²) >= 11 is 0. The fourth-order valence-electron chi connectivity index (χ4n) is 2.06. The highest BCUT2D eigenvalue weighted by Gasteiger charge is 2.18. The Morgan fingerprint density at radius 1 is 1.40 bits per heavy atom. The van der Waals surface area contributed by atoms with E-state index in [-0.39, 0.29) is 5.89 Å². The smallest absolute Gasteiger partial charge is 0.260 e. The third kappa shape index (κ3) is 1.26. The predicted molar refractivity (Wildman–Crippen MR) is 54.6 cm³/mol. The molecule has 0 saturated carbocycles. The van der Waals surface area contributed by atoms with Crippen LogP contribution >= 0.6 is 0 Å². The average Bonchev–Trinajstić information content (AvgIpc) is 2.74. The van der Waals surface area contributed by atoms with Crippen LogP contribution in [0.1, 0.15) is 21.8 Å². The summed E-state index contributed by atoms with van der Waals surface area (Å²) in [4.78, 5) is 16.8. The molecule has 2 aromatic rings. The van der Waals surface area contributed by atoms with E-state index in [0.29, 0.717) is 11.9 Å². The fraction of sp³-hybridized carbons (Fsp3) is 0.273. The SMILES string of the molecule is CN1Cc2cc3nc(C=O)oc3cc2C1. The van der Waals surface area contributed by atoms with Crippen LogP contribution in [0.4, 0.5) is 0 Å². The number of carbonyl (C=O) groups is 1. The molecule has 3 rings (SSSR count). The second-order valence-corrected chi connectivity index (χ2v) is 3.93. The number of hydrogen-bond acceptors (Lipinski definition) is 4. The third-order valence-electron chi connectivity index (χ3n) is 2.71. The van der Waals surface area contributed by atoms with Gasteiger partial charge >= 0.3 is 0 Å². The largest absolute Gasteiger partial charge is 0.434 e. The Kier molecular flexibility index (Phi) is 1.67. The van der Waals surface area contributed by atoms with Crippen molar-refractivity contribution in [3.8, 4) is 0 Å². The Bertz CT molecular complexity index is 502. The van der Waals surface area contributed by atoms with Gasteiger partial charge in [-0.05, 0) is 30.3 Å². The van der Waals surface area contributed by atoms with Crippen molar-refractivity contribution in [1.82, 2.24) is 9.88 Å². The number of nitrogens with zero attached hydrogens (tertiary/aromatic N) is 2. The number of aldehydes is 1. The van der Waals surface area contributed by atoms with Gasteiger partial charge in [-0.15, -0.1) is 0 Å². The van der Waals surface area contributed by atoms with Crippen LogP contribution in [0.2, 0.25) is 0 Å². The number of aromatic nitrogens is 1. The van der Waals surface area contributed by atoms with E-state index >= 15 is 0 Å². The standard InChI is InChI=1S/C11H10N2O2/c1-13-4-7-2-9-10(3-8(7)5-13)15-11(6-14)12-9/h2-3,6H,4-5H2,1H3. The van der Waals surface area contributed by atoms with E-state index < -0.39 is 0 Å².